The Kier molecular flexibility index (Phi) is 6.24. The van der Waals surface area contributed by atoms with Crippen molar-refractivity contribution < 1.29 is 4.74 Å². The maximum atomic E-state index is 9.49. The van der Waals surface area contributed by atoms with Gasteiger partial charge in [0.05, 0.1) is 23.9 Å². The molecule has 4 aromatic rings. The zero-order valence-corrected chi connectivity index (χ0v) is 17.1. The minimum Gasteiger partial charge on any atom is -0.464 e. The fourth-order valence-electron chi connectivity index (χ4n) is 3.76. The highest BCUT2D eigenvalue weighted by molar-refractivity contribution is 5.44. The van der Waals surface area contributed by atoms with Gasteiger partial charge in [-0.15, -0.1) is 0 Å². The SMILES string of the molecule is CCOc1nccc(C(c2cccc(C#N)c2)C(c2cccnc2)c2cccnc2)n1. The molecule has 3 aromatic heterocycles. The molecule has 0 radical (unpaired) electrons. The number of aromatic nitrogens is 4. The first-order valence-electron chi connectivity index (χ1n) is 10.1. The second-order valence-corrected chi connectivity index (χ2v) is 6.96. The van der Waals surface area contributed by atoms with E-state index in [1.165, 1.54) is 0 Å². The first-order valence-corrected chi connectivity index (χ1v) is 10.1. The van der Waals surface area contributed by atoms with Crippen molar-refractivity contribution in [2.75, 3.05) is 6.61 Å². The Morgan fingerprint density at radius 1 is 0.871 bits per heavy atom. The van der Waals surface area contributed by atoms with E-state index < -0.39 is 0 Å². The molecule has 0 aliphatic rings. The van der Waals surface area contributed by atoms with Gasteiger partial charge in [-0.1, -0.05) is 24.3 Å². The summed E-state index contributed by atoms with van der Waals surface area (Å²) >= 11 is 0. The molecule has 0 fully saturated rings. The zero-order chi connectivity index (χ0) is 21.5. The van der Waals surface area contributed by atoms with Crippen LogP contribution in [0.3, 0.4) is 0 Å². The van der Waals surface area contributed by atoms with Crippen LogP contribution in [-0.2, 0) is 0 Å². The van der Waals surface area contributed by atoms with E-state index in [9.17, 15) is 5.26 Å². The summed E-state index contributed by atoms with van der Waals surface area (Å²) in [4.78, 5) is 17.6. The molecule has 31 heavy (non-hydrogen) atoms. The third-order valence-corrected chi connectivity index (χ3v) is 5.04. The highest BCUT2D eigenvalue weighted by Crippen LogP contribution is 2.42. The molecular formula is C25H21N5O. The zero-order valence-electron chi connectivity index (χ0n) is 17.1. The Morgan fingerprint density at radius 2 is 1.58 bits per heavy atom. The lowest BCUT2D eigenvalue weighted by molar-refractivity contribution is 0.310. The number of hydrogen-bond donors (Lipinski definition) is 0. The number of hydrogen-bond acceptors (Lipinski definition) is 6. The van der Waals surface area contributed by atoms with Crippen molar-refractivity contribution in [2.24, 2.45) is 0 Å². The van der Waals surface area contributed by atoms with E-state index >= 15 is 0 Å². The number of ether oxygens (including phenoxy) is 1. The van der Waals surface area contributed by atoms with Gasteiger partial charge in [-0.2, -0.15) is 10.2 Å². The first kappa shape index (κ1) is 20.2. The van der Waals surface area contributed by atoms with Crippen molar-refractivity contribution in [1.82, 2.24) is 19.9 Å². The molecule has 0 bridgehead atoms. The second kappa shape index (κ2) is 9.59. The summed E-state index contributed by atoms with van der Waals surface area (Å²) in [7, 11) is 0. The topological polar surface area (TPSA) is 84.6 Å². The van der Waals surface area contributed by atoms with Crippen LogP contribution in [0.1, 0.15) is 46.7 Å². The van der Waals surface area contributed by atoms with Crippen molar-refractivity contribution in [3.05, 3.63) is 114 Å². The van der Waals surface area contributed by atoms with Gasteiger partial charge >= 0.3 is 6.01 Å². The third kappa shape index (κ3) is 4.57. The summed E-state index contributed by atoms with van der Waals surface area (Å²) in [5, 5.41) is 9.49. The molecule has 152 valence electrons. The number of rotatable bonds is 7. The molecule has 0 spiro atoms. The van der Waals surface area contributed by atoms with E-state index in [2.05, 4.69) is 33.2 Å². The highest BCUT2D eigenvalue weighted by atomic mass is 16.5. The summed E-state index contributed by atoms with van der Waals surface area (Å²) in [5.74, 6) is -0.329. The van der Waals surface area contributed by atoms with Crippen LogP contribution in [0.15, 0.2) is 85.6 Å². The molecule has 0 N–H and O–H groups in total. The van der Waals surface area contributed by atoms with Gasteiger partial charge in [0.2, 0.25) is 0 Å². The predicted molar refractivity (Wildman–Crippen MR) is 117 cm³/mol. The molecule has 1 unspecified atom stereocenters. The Balaban J connectivity index is 1.95. The summed E-state index contributed by atoms with van der Waals surface area (Å²) < 4.78 is 5.57. The monoisotopic (exact) mass is 407 g/mol. The van der Waals surface area contributed by atoms with Crippen molar-refractivity contribution in [3.8, 4) is 12.1 Å². The summed E-state index contributed by atoms with van der Waals surface area (Å²) in [5.41, 5.74) is 4.42. The van der Waals surface area contributed by atoms with Crippen LogP contribution in [0.5, 0.6) is 6.01 Å². The molecule has 3 heterocycles. The maximum Gasteiger partial charge on any atom is 0.316 e. The molecule has 1 atom stereocenters. The average molecular weight is 407 g/mol. The molecular weight excluding hydrogens is 386 g/mol. The normalized spacial score (nSPS) is 11.6. The molecule has 0 aliphatic carbocycles. The Hall–Kier alpha value is -4.11. The predicted octanol–water partition coefficient (Wildman–Crippen LogP) is 4.50. The fourth-order valence-corrected chi connectivity index (χ4v) is 3.76. The third-order valence-electron chi connectivity index (χ3n) is 5.04. The van der Waals surface area contributed by atoms with Crippen molar-refractivity contribution in [3.63, 3.8) is 0 Å². The lowest BCUT2D eigenvalue weighted by Gasteiger charge is -2.28. The van der Waals surface area contributed by atoms with Crippen molar-refractivity contribution in [2.45, 2.75) is 18.8 Å². The smallest absolute Gasteiger partial charge is 0.316 e. The van der Waals surface area contributed by atoms with Gasteiger partial charge in [-0.05, 0) is 53.9 Å². The van der Waals surface area contributed by atoms with E-state index in [0.717, 1.165) is 22.4 Å². The highest BCUT2D eigenvalue weighted by Gasteiger charge is 2.30. The number of pyridine rings is 2. The van der Waals surface area contributed by atoms with E-state index in [-0.39, 0.29) is 11.8 Å². The van der Waals surface area contributed by atoms with Crippen LogP contribution in [0.25, 0.3) is 0 Å². The summed E-state index contributed by atoms with van der Waals surface area (Å²) in [6.07, 6.45) is 8.95. The minimum atomic E-state index is -0.205. The van der Waals surface area contributed by atoms with Crippen LogP contribution >= 0.6 is 0 Å². The van der Waals surface area contributed by atoms with Crippen LogP contribution in [0, 0.1) is 11.3 Å². The second-order valence-electron chi connectivity index (χ2n) is 6.96. The van der Waals surface area contributed by atoms with E-state index in [1.54, 1.807) is 24.7 Å². The molecule has 4 rings (SSSR count). The molecule has 0 aliphatic heterocycles. The molecule has 0 saturated carbocycles. The van der Waals surface area contributed by atoms with Gasteiger partial charge in [0.25, 0.3) is 0 Å². The Morgan fingerprint density at radius 3 is 2.19 bits per heavy atom. The lowest BCUT2D eigenvalue weighted by Crippen LogP contribution is -2.17. The Bertz CT molecular complexity index is 1140. The van der Waals surface area contributed by atoms with Gasteiger partial charge < -0.3 is 4.74 Å². The molecule has 1 aromatic carbocycles. The summed E-state index contributed by atoms with van der Waals surface area (Å²) in [6.45, 7) is 2.38. The van der Waals surface area contributed by atoms with Crippen LogP contribution in [0.2, 0.25) is 0 Å². The van der Waals surface area contributed by atoms with Gasteiger partial charge in [-0.25, -0.2) is 4.98 Å². The first-order chi connectivity index (χ1) is 15.3. The number of nitrogens with zero attached hydrogens (tertiary/aromatic N) is 5. The fraction of sp³-hybridized carbons (Fsp3) is 0.160. The van der Waals surface area contributed by atoms with Crippen LogP contribution in [-0.4, -0.2) is 26.5 Å². The van der Waals surface area contributed by atoms with E-state index in [4.69, 9.17) is 9.72 Å². The molecule has 6 nitrogen and oxygen atoms in total. The van der Waals surface area contributed by atoms with Crippen LogP contribution in [0.4, 0.5) is 0 Å². The number of nitriles is 1. The minimum absolute atomic E-state index is 0.124. The number of benzene rings is 1. The van der Waals surface area contributed by atoms with Gasteiger partial charge in [-0.3, -0.25) is 9.97 Å². The van der Waals surface area contributed by atoms with Gasteiger partial charge in [0.15, 0.2) is 0 Å². The van der Waals surface area contributed by atoms with Gasteiger partial charge in [0, 0.05) is 42.8 Å². The van der Waals surface area contributed by atoms with Crippen molar-refractivity contribution >= 4 is 0 Å². The maximum absolute atomic E-state index is 9.49. The lowest BCUT2D eigenvalue weighted by atomic mass is 9.76. The van der Waals surface area contributed by atoms with Gasteiger partial charge in [0.1, 0.15) is 0 Å². The summed E-state index contributed by atoms with van der Waals surface area (Å²) in [6, 6.07) is 20.0. The van der Waals surface area contributed by atoms with E-state index in [0.29, 0.717) is 18.2 Å². The Labute approximate surface area is 181 Å². The largest absolute Gasteiger partial charge is 0.464 e. The molecule has 0 amide bonds. The molecule has 0 saturated heterocycles. The van der Waals surface area contributed by atoms with Crippen molar-refractivity contribution in [1.29, 1.82) is 5.26 Å². The quantitative estimate of drug-likeness (QED) is 0.448. The van der Waals surface area contributed by atoms with Crippen LogP contribution < -0.4 is 4.74 Å². The average Bonchev–Trinajstić information content (AvgIpc) is 2.84. The molecule has 6 heteroatoms. The van der Waals surface area contributed by atoms with E-state index in [1.807, 2.05) is 55.7 Å². The standard InChI is InChI=1S/C25H21N5O/c1-2-31-25-29-13-10-22(30-25)24(19-7-3-6-18(14-19)15-26)23(20-8-4-11-27-16-20)21-9-5-12-28-17-21/h3-14,16-17,23-24H,2H2,1H3.